The second-order valence-electron chi connectivity index (χ2n) is 5.66. The van der Waals surface area contributed by atoms with E-state index in [1.807, 2.05) is 18.2 Å². The summed E-state index contributed by atoms with van der Waals surface area (Å²) in [4.78, 5) is 29.4. The van der Waals surface area contributed by atoms with Crippen LogP contribution in [0.1, 0.15) is 27.0 Å². The highest BCUT2D eigenvalue weighted by molar-refractivity contribution is 7.17. The smallest absolute Gasteiger partial charge is 0.264 e. The van der Waals surface area contributed by atoms with Crippen LogP contribution in [-0.2, 0) is 4.79 Å². The number of halogens is 1. The van der Waals surface area contributed by atoms with Crippen LogP contribution in [0.2, 0.25) is 5.02 Å². The number of hydrogen-bond acceptors (Lipinski definition) is 4. The Labute approximate surface area is 159 Å². The highest BCUT2D eigenvalue weighted by atomic mass is 35.5. The van der Waals surface area contributed by atoms with Gasteiger partial charge in [0.1, 0.15) is 15.9 Å². The zero-order valence-corrected chi connectivity index (χ0v) is 15.5. The van der Waals surface area contributed by atoms with Crippen molar-refractivity contribution in [2.45, 2.75) is 13.0 Å². The Morgan fingerprint density at radius 1 is 1.12 bits per heavy atom. The van der Waals surface area contributed by atoms with Crippen LogP contribution in [0.15, 0.2) is 54.6 Å². The molecule has 132 valence electrons. The van der Waals surface area contributed by atoms with Gasteiger partial charge >= 0.3 is 0 Å². The third kappa shape index (κ3) is 3.92. The molecule has 1 aromatic heterocycles. The molecular weight excluding hydrogens is 370 g/mol. The standard InChI is InChI=1S/C19H16ClN3O2S/c1-11-16(26-19(22-11)13-7-9-14(20)10-8-13)18(25)23-15(17(21)24)12-5-3-2-4-6-12/h2-10,15H,1H3,(H2,21,24)(H,23,25)/t15-/m0/s1. The van der Waals surface area contributed by atoms with Crippen molar-refractivity contribution in [1.29, 1.82) is 0 Å². The van der Waals surface area contributed by atoms with Gasteiger partial charge in [-0.1, -0.05) is 54.1 Å². The average Bonchev–Trinajstić information content (AvgIpc) is 3.02. The quantitative estimate of drug-likeness (QED) is 0.701. The van der Waals surface area contributed by atoms with Gasteiger partial charge in [-0.05, 0) is 24.6 Å². The van der Waals surface area contributed by atoms with Crippen LogP contribution in [0, 0.1) is 6.92 Å². The van der Waals surface area contributed by atoms with Gasteiger partial charge in [-0.2, -0.15) is 0 Å². The molecule has 3 rings (SSSR count). The summed E-state index contributed by atoms with van der Waals surface area (Å²) in [7, 11) is 0. The number of benzene rings is 2. The molecule has 0 saturated heterocycles. The normalized spacial score (nSPS) is 11.8. The second kappa shape index (κ2) is 7.68. The van der Waals surface area contributed by atoms with Crippen LogP contribution in [0.4, 0.5) is 0 Å². The Kier molecular flexibility index (Phi) is 5.35. The van der Waals surface area contributed by atoms with Crippen LogP contribution in [-0.4, -0.2) is 16.8 Å². The number of carbonyl (C=O) groups is 2. The second-order valence-corrected chi connectivity index (χ2v) is 7.10. The Balaban J connectivity index is 1.85. The number of primary amides is 1. The molecule has 1 heterocycles. The fraction of sp³-hybridized carbons (Fsp3) is 0.105. The molecule has 0 aliphatic rings. The number of nitrogens with one attached hydrogen (secondary N) is 1. The summed E-state index contributed by atoms with van der Waals surface area (Å²) in [5.74, 6) is -1.00. The van der Waals surface area contributed by atoms with Crippen LogP contribution < -0.4 is 11.1 Å². The lowest BCUT2D eigenvalue weighted by Gasteiger charge is -2.15. The first-order valence-electron chi connectivity index (χ1n) is 7.84. The van der Waals surface area contributed by atoms with E-state index in [1.54, 1.807) is 43.3 Å². The number of thiazole rings is 1. The molecule has 0 fully saturated rings. The molecule has 7 heteroatoms. The summed E-state index contributed by atoms with van der Waals surface area (Å²) in [5, 5.41) is 4.04. The van der Waals surface area contributed by atoms with Crippen LogP contribution in [0.5, 0.6) is 0 Å². The molecule has 0 spiro atoms. The van der Waals surface area contributed by atoms with Gasteiger partial charge < -0.3 is 11.1 Å². The molecule has 26 heavy (non-hydrogen) atoms. The Morgan fingerprint density at radius 3 is 2.38 bits per heavy atom. The van der Waals surface area contributed by atoms with Crippen molar-refractivity contribution >= 4 is 34.8 Å². The zero-order chi connectivity index (χ0) is 18.7. The predicted molar refractivity (Wildman–Crippen MR) is 103 cm³/mol. The lowest BCUT2D eigenvalue weighted by atomic mass is 10.1. The van der Waals surface area contributed by atoms with Crippen LogP contribution in [0.3, 0.4) is 0 Å². The molecule has 0 saturated carbocycles. The molecule has 2 aromatic carbocycles. The van der Waals surface area contributed by atoms with Gasteiger partial charge in [-0.3, -0.25) is 9.59 Å². The number of amides is 2. The van der Waals surface area contributed by atoms with E-state index in [9.17, 15) is 9.59 Å². The fourth-order valence-electron chi connectivity index (χ4n) is 2.48. The minimum absolute atomic E-state index is 0.382. The van der Waals surface area contributed by atoms with Crippen molar-refractivity contribution in [3.05, 3.63) is 75.8 Å². The lowest BCUT2D eigenvalue weighted by Crippen LogP contribution is -2.37. The maximum atomic E-state index is 12.7. The first-order valence-corrected chi connectivity index (χ1v) is 9.03. The minimum Gasteiger partial charge on any atom is -0.368 e. The molecular formula is C19H16ClN3O2S. The van der Waals surface area contributed by atoms with E-state index in [2.05, 4.69) is 10.3 Å². The van der Waals surface area contributed by atoms with Crippen molar-refractivity contribution < 1.29 is 9.59 Å². The largest absolute Gasteiger partial charge is 0.368 e. The van der Waals surface area contributed by atoms with Gasteiger partial charge in [-0.25, -0.2) is 4.98 Å². The van der Waals surface area contributed by atoms with Crippen molar-refractivity contribution in [3.8, 4) is 10.6 Å². The summed E-state index contributed by atoms with van der Waals surface area (Å²) < 4.78 is 0. The predicted octanol–water partition coefficient (Wildman–Crippen LogP) is 3.73. The zero-order valence-electron chi connectivity index (χ0n) is 13.9. The van der Waals surface area contributed by atoms with E-state index in [-0.39, 0.29) is 5.91 Å². The highest BCUT2D eigenvalue weighted by Gasteiger charge is 2.23. The van der Waals surface area contributed by atoms with E-state index in [0.717, 1.165) is 5.56 Å². The van der Waals surface area contributed by atoms with Crippen LogP contribution in [0.25, 0.3) is 10.6 Å². The van der Waals surface area contributed by atoms with Gasteiger partial charge in [0, 0.05) is 10.6 Å². The summed E-state index contributed by atoms with van der Waals surface area (Å²) in [6, 6.07) is 15.2. The number of aryl methyl sites for hydroxylation is 1. The highest BCUT2D eigenvalue weighted by Crippen LogP contribution is 2.29. The van der Waals surface area contributed by atoms with Crippen molar-refractivity contribution in [2.75, 3.05) is 0 Å². The number of rotatable bonds is 5. The third-order valence-electron chi connectivity index (χ3n) is 3.79. The van der Waals surface area contributed by atoms with E-state index in [4.69, 9.17) is 17.3 Å². The molecule has 3 N–H and O–H groups in total. The number of carbonyl (C=O) groups excluding carboxylic acids is 2. The molecule has 5 nitrogen and oxygen atoms in total. The summed E-state index contributed by atoms with van der Waals surface area (Å²) in [5.41, 5.74) is 7.56. The SMILES string of the molecule is Cc1nc(-c2ccc(Cl)cc2)sc1C(=O)N[C@H](C(N)=O)c1ccccc1. The maximum absolute atomic E-state index is 12.7. The van der Waals surface area contributed by atoms with Gasteiger partial charge in [0.2, 0.25) is 5.91 Å². The van der Waals surface area contributed by atoms with Gasteiger partial charge in [0.25, 0.3) is 5.91 Å². The molecule has 1 atom stereocenters. The summed E-state index contributed by atoms with van der Waals surface area (Å²) >= 11 is 7.16. The summed E-state index contributed by atoms with van der Waals surface area (Å²) in [6.45, 7) is 1.76. The van der Waals surface area contributed by atoms with Crippen molar-refractivity contribution in [2.24, 2.45) is 5.73 Å². The van der Waals surface area contributed by atoms with Gasteiger partial charge in [0.15, 0.2) is 0 Å². The summed E-state index contributed by atoms with van der Waals surface area (Å²) in [6.07, 6.45) is 0. The van der Waals surface area contributed by atoms with E-state index >= 15 is 0 Å². The molecule has 0 aliphatic carbocycles. The lowest BCUT2D eigenvalue weighted by molar-refractivity contribution is -0.120. The topological polar surface area (TPSA) is 85.1 Å². The van der Waals surface area contributed by atoms with Crippen LogP contribution >= 0.6 is 22.9 Å². The van der Waals surface area contributed by atoms with Gasteiger partial charge in [-0.15, -0.1) is 11.3 Å². The minimum atomic E-state index is -0.899. The molecule has 0 bridgehead atoms. The van der Waals surface area contributed by atoms with Crippen molar-refractivity contribution in [1.82, 2.24) is 10.3 Å². The first-order chi connectivity index (χ1) is 12.5. The Hall–Kier alpha value is -2.70. The van der Waals surface area contributed by atoms with Crippen molar-refractivity contribution in [3.63, 3.8) is 0 Å². The molecule has 2 amide bonds. The van der Waals surface area contributed by atoms with E-state index < -0.39 is 11.9 Å². The average molecular weight is 386 g/mol. The Morgan fingerprint density at radius 2 is 1.77 bits per heavy atom. The number of aromatic nitrogens is 1. The molecule has 0 radical (unpaired) electrons. The number of nitrogens with zero attached hydrogens (tertiary/aromatic N) is 1. The number of nitrogens with two attached hydrogens (primary N) is 1. The molecule has 0 aliphatic heterocycles. The van der Waals surface area contributed by atoms with E-state index in [1.165, 1.54) is 11.3 Å². The molecule has 3 aromatic rings. The number of hydrogen-bond donors (Lipinski definition) is 2. The monoisotopic (exact) mass is 385 g/mol. The first kappa shape index (κ1) is 18.1. The Bertz CT molecular complexity index is 939. The third-order valence-corrected chi connectivity index (χ3v) is 5.24. The van der Waals surface area contributed by atoms with E-state index in [0.29, 0.717) is 26.2 Å². The molecule has 0 unspecified atom stereocenters. The maximum Gasteiger partial charge on any atom is 0.264 e. The van der Waals surface area contributed by atoms with Gasteiger partial charge in [0.05, 0.1) is 5.69 Å². The fourth-order valence-corrected chi connectivity index (χ4v) is 3.58.